The van der Waals surface area contributed by atoms with Crippen molar-refractivity contribution >= 4 is 54.9 Å². The lowest BCUT2D eigenvalue weighted by molar-refractivity contribution is -0.116. The zero-order valence-corrected chi connectivity index (χ0v) is 21.7. The van der Waals surface area contributed by atoms with Crippen molar-refractivity contribution in [3.63, 3.8) is 0 Å². The molecule has 0 radical (unpaired) electrons. The van der Waals surface area contributed by atoms with Crippen molar-refractivity contribution in [2.45, 2.75) is 31.7 Å². The van der Waals surface area contributed by atoms with Crippen LogP contribution in [0.3, 0.4) is 0 Å². The minimum atomic E-state index is -3.96. The zero-order chi connectivity index (χ0) is 26.0. The number of benzene rings is 2. The van der Waals surface area contributed by atoms with Gasteiger partial charge < -0.3 is 5.32 Å². The second kappa shape index (κ2) is 10.2. The van der Waals surface area contributed by atoms with E-state index >= 15 is 0 Å². The highest BCUT2D eigenvalue weighted by Gasteiger charge is 2.30. The Bertz CT molecular complexity index is 1460. The summed E-state index contributed by atoms with van der Waals surface area (Å²) in [6, 6.07) is 10.7. The predicted octanol–water partition coefficient (Wildman–Crippen LogP) is 3.34. The fraction of sp³-hybridized carbons (Fsp3) is 0.227. The number of nitrogens with zero attached hydrogens (tertiary/aromatic N) is 3. The van der Waals surface area contributed by atoms with Gasteiger partial charge in [0, 0.05) is 22.6 Å². The fourth-order valence-electron chi connectivity index (χ4n) is 3.24. The van der Waals surface area contributed by atoms with Crippen LogP contribution in [0.5, 0.6) is 0 Å². The number of aryl methyl sites for hydroxylation is 2. The standard InChI is InChI=1S/C22H24ClN5O5S2/c1-14-5-6-17(23)13-20(14)28(34(4,30)31)16(3)21(29)26-18-7-9-19(10-8-18)35(32,33)27-22-24-12-11-15(2)25-22/h5-13,16H,1-4H3,(H,26,29)(H,24,25,27)/t16-/m0/s1. The van der Waals surface area contributed by atoms with Gasteiger partial charge >= 0.3 is 0 Å². The van der Waals surface area contributed by atoms with Gasteiger partial charge in [-0.05, 0) is 68.8 Å². The molecule has 10 nitrogen and oxygen atoms in total. The van der Waals surface area contributed by atoms with Crippen molar-refractivity contribution in [1.82, 2.24) is 9.97 Å². The Balaban J connectivity index is 1.79. The lowest BCUT2D eigenvalue weighted by Gasteiger charge is -2.29. The number of rotatable bonds is 8. The number of hydrogen-bond donors (Lipinski definition) is 2. The van der Waals surface area contributed by atoms with Crippen molar-refractivity contribution < 1.29 is 21.6 Å². The Morgan fingerprint density at radius 2 is 1.69 bits per heavy atom. The summed E-state index contributed by atoms with van der Waals surface area (Å²) in [5.74, 6) is -0.676. The third-order valence-corrected chi connectivity index (χ3v) is 7.76. The number of carbonyl (C=O) groups excluding carboxylic acids is 1. The minimum Gasteiger partial charge on any atom is -0.324 e. The maximum Gasteiger partial charge on any atom is 0.264 e. The highest BCUT2D eigenvalue weighted by atomic mass is 35.5. The molecule has 1 heterocycles. The molecule has 0 saturated heterocycles. The predicted molar refractivity (Wildman–Crippen MR) is 136 cm³/mol. The molecule has 1 aromatic heterocycles. The largest absolute Gasteiger partial charge is 0.324 e. The van der Waals surface area contributed by atoms with Gasteiger partial charge in [-0.1, -0.05) is 17.7 Å². The molecule has 0 bridgehead atoms. The number of anilines is 3. The maximum atomic E-state index is 12.9. The van der Waals surface area contributed by atoms with E-state index in [1.165, 1.54) is 43.5 Å². The number of hydrogen-bond acceptors (Lipinski definition) is 7. The monoisotopic (exact) mass is 537 g/mol. The van der Waals surface area contributed by atoms with E-state index in [4.69, 9.17) is 11.6 Å². The van der Waals surface area contributed by atoms with Crippen LogP contribution in [-0.2, 0) is 24.8 Å². The van der Waals surface area contributed by atoms with Gasteiger partial charge in [-0.15, -0.1) is 0 Å². The number of aromatic nitrogens is 2. The van der Waals surface area contributed by atoms with E-state index < -0.39 is 32.0 Å². The zero-order valence-electron chi connectivity index (χ0n) is 19.4. The van der Waals surface area contributed by atoms with Gasteiger partial charge in [0.1, 0.15) is 6.04 Å². The molecule has 13 heteroatoms. The molecule has 2 aromatic carbocycles. The summed E-state index contributed by atoms with van der Waals surface area (Å²) >= 11 is 6.05. The molecule has 0 aliphatic rings. The molecule has 1 amide bonds. The summed E-state index contributed by atoms with van der Waals surface area (Å²) in [5, 5.41) is 2.94. The first-order valence-electron chi connectivity index (χ1n) is 10.3. The van der Waals surface area contributed by atoms with Crippen LogP contribution in [-0.4, -0.2) is 45.0 Å². The molecule has 1 atom stereocenters. The number of nitrogens with one attached hydrogen (secondary N) is 2. The van der Waals surface area contributed by atoms with Crippen molar-refractivity contribution in [1.29, 1.82) is 0 Å². The van der Waals surface area contributed by atoms with Crippen molar-refractivity contribution in [2.75, 3.05) is 20.6 Å². The molecule has 0 saturated carbocycles. The summed E-state index contributed by atoms with van der Waals surface area (Å²) in [5.41, 5.74) is 1.79. The van der Waals surface area contributed by atoms with Crippen molar-refractivity contribution in [2.24, 2.45) is 0 Å². The van der Waals surface area contributed by atoms with Gasteiger partial charge in [0.2, 0.25) is 21.9 Å². The van der Waals surface area contributed by atoms with E-state index in [0.717, 1.165) is 10.6 Å². The number of amides is 1. The minimum absolute atomic E-state index is 0.0617. The molecule has 3 rings (SSSR count). The van der Waals surface area contributed by atoms with E-state index in [1.807, 2.05) is 0 Å². The quantitative estimate of drug-likeness (QED) is 0.449. The van der Waals surface area contributed by atoms with Crippen LogP contribution in [0.15, 0.2) is 59.6 Å². The van der Waals surface area contributed by atoms with Crippen LogP contribution in [0, 0.1) is 13.8 Å². The maximum absolute atomic E-state index is 12.9. The molecule has 0 fully saturated rings. The van der Waals surface area contributed by atoms with Crippen molar-refractivity contribution in [3.8, 4) is 0 Å². The molecule has 3 aromatic rings. The summed E-state index contributed by atoms with van der Waals surface area (Å²) in [4.78, 5) is 20.8. The first-order chi connectivity index (χ1) is 16.3. The topological polar surface area (TPSA) is 138 Å². The second-order valence-corrected chi connectivity index (χ2v) is 11.8. The van der Waals surface area contributed by atoms with Crippen molar-refractivity contribution in [3.05, 3.63) is 71.0 Å². The lowest BCUT2D eigenvalue weighted by atomic mass is 10.1. The van der Waals surface area contributed by atoms with Gasteiger partial charge in [-0.2, -0.15) is 0 Å². The molecule has 0 spiro atoms. The summed E-state index contributed by atoms with van der Waals surface area (Å²) in [7, 11) is -7.80. The molecule has 186 valence electrons. The van der Waals surface area contributed by atoms with Gasteiger partial charge in [0.15, 0.2) is 0 Å². The third-order valence-electron chi connectivity index (χ3n) is 4.95. The molecule has 2 N–H and O–H groups in total. The normalized spacial score (nSPS) is 12.6. The Labute approximate surface area is 209 Å². The van der Waals surface area contributed by atoms with Crippen LogP contribution in [0.1, 0.15) is 18.2 Å². The van der Waals surface area contributed by atoms with Crippen LogP contribution in [0.25, 0.3) is 0 Å². The van der Waals surface area contributed by atoms with Gasteiger partial charge in [-0.3, -0.25) is 9.10 Å². The molecular formula is C22H24ClN5O5S2. The van der Waals surface area contributed by atoms with Crippen LogP contribution in [0.4, 0.5) is 17.3 Å². The number of sulfonamides is 2. The first-order valence-corrected chi connectivity index (χ1v) is 14.0. The molecule has 0 aliphatic heterocycles. The average molecular weight is 538 g/mol. The highest BCUT2D eigenvalue weighted by molar-refractivity contribution is 7.92. The molecular weight excluding hydrogens is 514 g/mol. The van der Waals surface area contributed by atoms with E-state index in [2.05, 4.69) is 20.0 Å². The smallest absolute Gasteiger partial charge is 0.264 e. The Morgan fingerprint density at radius 1 is 1.03 bits per heavy atom. The van der Waals surface area contributed by atoms with E-state index in [1.54, 1.807) is 32.0 Å². The second-order valence-electron chi connectivity index (χ2n) is 7.81. The van der Waals surface area contributed by atoms with Gasteiger partial charge in [0.25, 0.3) is 10.0 Å². The summed E-state index contributed by atoms with van der Waals surface area (Å²) in [6.07, 6.45) is 2.44. The van der Waals surface area contributed by atoms with Crippen LogP contribution >= 0.6 is 11.6 Å². The first kappa shape index (κ1) is 26.4. The number of halogens is 1. The Hall–Kier alpha value is -3.22. The SMILES string of the molecule is Cc1ccnc(NS(=O)(=O)c2ccc(NC(=O)[C@H](C)N(c3cc(Cl)ccc3C)S(C)(=O)=O)cc2)n1. The number of carbonyl (C=O) groups is 1. The molecule has 35 heavy (non-hydrogen) atoms. The lowest BCUT2D eigenvalue weighted by Crippen LogP contribution is -2.45. The van der Waals surface area contributed by atoms with E-state index in [0.29, 0.717) is 16.3 Å². The molecule has 0 aliphatic carbocycles. The van der Waals surface area contributed by atoms with E-state index in [9.17, 15) is 21.6 Å². The van der Waals surface area contributed by atoms with Gasteiger partial charge in [-0.25, -0.2) is 31.5 Å². The van der Waals surface area contributed by atoms with E-state index in [-0.39, 0.29) is 22.2 Å². The summed E-state index contributed by atoms with van der Waals surface area (Å²) in [6.45, 7) is 4.86. The van der Waals surface area contributed by atoms with Gasteiger partial charge in [0.05, 0.1) is 16.8 Å². The average Bonchev–Trinajstić information content (AvgIpc) is 2.75. The third kappa shape index (κ3) is 6.47. The Morgan fingerprint density at radius 3 is 2.29 bits per heavy atom. The fourth-order valence-corrected chi connectivity index (χ4v) is 5.58. The van der Waals surface area contributed by atoms with Crippen LogP contribution in [0.2, 0.25) is 5.02 Å². The Kier molecular flexibility index (Phi) is 7.68. The molecule has 0 unspecified atom stereocenters. The summed E-state index contributed by atoms with van der Waals surface area (Å²) < 4.78 is 53.6. The van der Waals surface area contributed by atoms with Crippen LogP contribution < -0.4 is 14.3 Å². The highest BCUT2D eigenvalue weighted by Crippen LogP contribution is 2.28.